The SMILES string of the molecule is COc1ccc(CN2COc3c(cc4c5c(c(=O)oc4c3C)CCC5)C2)c(OC)c1. The summed E-state index contributed by atoms with van der Waals surface area (Å²) in [6, 6.07) is 8.03. The first kappa shape index (κ1) is 19.0. The zero-order chi connectivity index (χ0) is 20.8. The number of nitrogens with zero attached hydrogens (tertiary/aromatic N) is 1. The molecule has 2 aliphatic rings. The first-order chi connectivity index (χ1) is 14.6. The van der Waals surface area contributed by atoms with E-state index in [1.165, 1.54) is 0 Å². The highest BCUT2D eigenvalue weighted by Gasteiger charge is 2.26. The predicted molar refractivity (Wildman–Crippen MR) is 114 cm³/mol. The summed E-state index contributed by atoms with van der Waals surface area (Å²) in [7, 11) is 3.32. The largest absolute Gasteiger partial charge is 0.497 e. The summed E-state index contributed by atoms with van der Waals surface area (Å²) in [5, 5.41) is 1.06. The number of rotatable bonds is 4. The molecule has 0 atom stereocenters. The summed E-state index contributed by atoms with van der Waals surface area (Å²) in [5.74, 6) is 2.41. The second kappa shape index (κ2) is 7.36. The molecule has 5 rings (SSSR count). The lowest BCUT2D eigenvalue weighted by Crippen LogP contribution is -2.32. The predicted octanol–water partition coefficient (Wildman–Crippen LogP) is 3.96. The van der Waals surface area contributed by atoms with Crippen LogP contribution < -0.4 is 19.8 Å². The highest BCUT2D eigenvalue weighted by molar-refractivity contribution is 5.87. The molecule has 0 fully saturated rings. The van der Waals surface area contributed by atoms with Crippen LogP contribution in [0.5, 0.6) is 17.2 Å². The lowest BCUT2D eigenvalue weighted by Gasteiger charge is -2.30. The average molecular weight is 407 g/mol. The minimum absolute atomic E-state index is 0.193. The fourth-order valence-electron chi connectivity index (χ4n) is 4.71. The minimum Gasteiger partial charge on any atom is -0.497 e. The maximum Gasteiger partial charge on any atom is 0.339 e. The second-order valence-corrected chi connectivity index (χ2v) is 8.00. The van der Waals surface area contributed by atoms with Crippen LogP contribution in [0.2, 0.25) is 0 Å². The molecule has 0 amide bonds. The van der Waals surface area contributed by atoms with Gasteiger partial charge in [-0.25, -0.2) is 4.79 Å². The van der Waals surface area contributed by atoms with Gasteiger partial charge in [-0.15, -0.1) is 0 Å². The van der Waals surface area contributed by atoms with Gasteiger partial charge in [0, 0.05) is 46.8 Å². The van der Waals surface area contributed by atoms with Gasteiger partial charge in [-0.05, 0) is 43.9 Å². The van der Waals surface area contributed by atoms with E-state index < -0.39 is 0 Å². The zero-order valence-corrected chi connectivity index (χ0v) is 17.5. The molecule has 2 heterocycles. The van der Waals surface area contributed by atoms with E-state index in [-0.39, 0.29) is 5.63 Å². The van der Waals surface area contributed by atoms with Crippen LogP contribution in [0.1, 0.15) is 34.2 Å². The molecule has 0 unspecified atom stereocenters. The Morgan fingerprint density at radius 1 is 1.10 bits per heavy atom. The van der Waals surface area contributed by atoms with Gasteiger partial charge >= 0.3 is 5.63 Å². The molecule has 1 aliphatic carbocycles. The lowest BCUT2D eigenvalue weighted by atomic mass is 9.99. The van der Waals surface area contributed by atoms with Crippen LogP contribution in [0.15, 0.2) is 33.5 Å². The molecule has 0 bridgehead atoms. The first-order valence-corrected chi connectivity index (χ1v) is 10.3. The van der Waals surface area contributed by atoms with E-state index in [2.05, 4.69) is 11.0 Å². The summed E-state index contributed by atoms with van der Waals surface area (Å²) in [5.41, 5.74) is 5.60. The number of hydrogen-bond acceptors (Lipinski definition) is 6. The zero-order valence-electron chi connectivity index (χ0n) is 17.5. The van der Waals surface area contributed by atoms with Crippen molar-refractivity contribution in [3.05, 3.63) is 62.5 Å². The molecule has 6 nitrogen and oxygen atoms in total. The number of hydrogen-bond donors (Lipinski definition) is 0. The van der Waals surface area contributed by atoms with E-state index in [4.69, 9.17) is 18.6 Å². The normalized spacial score (nSPS) is 15.6. The average Bonchev–Trinajstić information content (AvgIpc) is 3.26. The topological polar surface area (TPSA) is 61.1 Å². The van der Waals surface area contributed by atoms with Crippen molar-refractivity contribution in [1.29, 1.82) is 0 Å². The number of ether oxygens (including phenoxy) is 3. The van der Waals surface area contributed by atoms with E-state index >= 15 is 0 Å². The van der Waals surface area contributed by atoms with E-state index in [0.29, 0.717) is 18.9 Å². The van der Waals surface area contributed by atoms with Crippen molar-refractivity contribution in [2.75, 3.05) is 21.0 Å². The molecule has 0 N–H and O–H groups in total. The molecule has 3 aromatic rings. The van der Waals surface area contributed by atoms with Crippen LogP contribution in [0.25, 0.3) is 11.0 Å². The molecule has 0 spiro atoms. The number of methoxy groups -OCH3 is 2. The van der Waals surface area contributed by atoms with Crippen molar-refractivity contribution in [2.45, 2.75) is 39.3 Å². The van der Waals surface area contributed by atoms with Gasteiger partial charge in [0.2, 0.25) is 0 Å². The summed E-state index contributed by atoms with van der Waals surface area (Å²) in [4.78, 5) is 14.6. The standard InChI is InChI=1S/C24H25NO5/c1-14-22-16(9-20-18-5-4-6-19(18)24(26)30-23(14)20)12-25(13-29-22)11-15-7-8-17(27-2)10-21(15)28-3/h7-10H,4-6,11-13H2,1-3H3. The fraction of sp³-hybridized carbons (Fsp3) is 0.375. The van der Waals surface area contributed by atoms with Crippen LogP contribution in [-0.4, -0.2) is 25.9 Å². The van der Waals surface area contributed by atoms with Crippen LogP contribution in [0.4, 0.5) is 0 Å². The Kier molecular flexibility index (Phi) is 4.66. The molecule has 1 aromatic heterocycles. The van der Waals surface area contributed by atoms with Gasteiger partial charge in [-0.1, -0.05) is 6.07 Å². The van der Waals surface area contributed by atoms with Crippen molar-refractivity contribution in [3.8, 4) is 17.2 Å². The Balaban J connectivity index is 1.50. The molecule has 0 saturated heterocycles. The molecular weight excluding hydrogens is 382 g/mol. The Labute approximate surface area is 175 Å². The van der Waals surface area contributed by atoms with E-state index in [1.54, 1.807) is 14.2 Å². The van der Waals surface area contributed by atoms with Gasteiger partial charge in [-0.2, -0.15) is 0 Å². The van der Waals surface area contributed by atoms with E-state index in [1.807, 2.05) is 25.1 Å². The van der Waals surface area contributed by atoms with Crippen molar-refractivity contribution < 1.29 is 18.6 Å². The number of benzene rings is 2. The van der Waals surface area contributed by atoms with Crippen molar-refractivity contribution in [3.63, 3.8) is 0 Å². The van der Waals surface area contributed by atoms with Crippen molar-refractivity contribution >= 4 is 11.0 Å². The van der Waals surface area contributed by atoms with Gasteiger partial charge < -0.3 is 18.6 Å². The van der Waals surface area contributed by atoms with E-state index in [9.17, 15) is 4.79 Å². The van der Waals surface area contributed by atoms with Gasteiger partial charge in [0.05, 0.1) is 14.2 Å². The number of fused-ring (bicyclic) bond motifs is 4. The smallest absolute Gasteiger partial charge is 0.339 e. The highest BCUT2D eigenvalue weighted by Crippen LogP contribution is 2.38. The fourth-order valence-corrected chi connectivity index (χ4v) is 4.71. The van der Waals surface area contributed by atoms with Crippen molar-refractivity contribution in [2.24, 2.45) is 0 Å². The molecule has 30 heavy (non-hydrogen) atoms. The third-order valence-corrected chi connectivity index (χ3v) is 6.19. The molecule has 2 aromatic carbocycles. The van der Waals surface area contributed by atoms with Gasteiger partial charge in [0.15, 0.2) is 0 Å². The lowest BCUT2D eigenvalue weighted by molar-refractivity contribution is 0.0873. The third-order valence-electron chi connectivity index (χ3n) is 6.19. The molecule has 156 valence electrons. The number of aryl methyl sites for hydroxylation is 2. The second-order valence-electron chi connectivity index (χ2n) is 8.00. The van der Waals surface area contributed by atoms with Crippen LogP contribution in [0.3, 0.4) is 0 Å². The van der Waals surface area contributed by atoms with Crippen LogP contribution in [-0.2, 0) is 25.9 Å². The Hall–Kier alpha value is -2.99. The minimum atomic E-state index is -0.193. The summed E-state index contributed by atoms with van der Waals surface area (Å²) in [6.45, 7) is 3.90. The van der Waals surface area contributed by atoms with Crippen LogP contribution in [0, 0.1) is 6.92 Å². The monoisotopic (exact) mass is 407 g/mol. The first-order valence-electron chi connectivity index (χ1n) is 10.3. The molecular formula is C24H25NO5. The molecule has 6 heteroatoms. The quantitative estimate of drug-likeness (QED) is 0.610. The maximum atomic E-state index is 12.4. The Bertz CT molecular complexity index is 1200. The Morgan fingerprint density at radius 2 is 1.93 bits per heavy atom. The molecule has 0 radical (unpaired) electrons. The van der Waals surface area contributed by atoms with Crippen molar-refractivity contribution in [1.82, 2.24) is 4.90 Å². The molecule has 0 saturated carbocycles. The summed E-state index contributed by atoms with van der Waals surface area (Å²) < 4.78 is 22.7. The van der Waals surface area contributed by atoms with Crippen LogP contribution >= 0.6 is 0 Å². The highest BCUT2D eigenvalue weighted by atomic mass is 16.5. The van der Waals surface area contributed by atoms with Gasteiger partial charge in [0.25, 0.3) is 0 Å². The van der Waals surface area contributed by atoms with Gasteiger partial charge in [0.1, 0.15) is 29.6 Å². The molecule has 1 aliphatic heterocycles. The van der Waals surface area contributed by atoms with E-state index in [0.717, 1.165) is 76.3 Å². The maximum absolute atomic E-state index is 12.4. The van der Waals surface area contributed by atoms with Gasteiger partial charge in [-0.3, -0.25) is 4.90 Å². The third kappa shape index (κ3) is 3.03. The Morgan fingerprint density at radius 3 is 2.73 bits per heavy atom. The summed E-state index contributed by atoms with van der Waals surface area (Å²) in [6.07, 6.45) is 2.75. The summed E-state index contributed by atoms with van der Waals surface area (Å²) >= 11 is 0.